The number of benzene rings is 2. The van der Waals surface area contributed by atoms with Gasteiger partial charge in [-0.05, 0) is 17.8 Å². The van der Waals surface area contributed by atoms with E-state index >= 15 is 0 Å². The summed E-state index contributed by atoms with van der Waals surface area (Å²) in [5.74, 6) is 0. The standard InChI is InChI=1S/C15H10N3.C5H5.2ClH.Ti/c1-2-6-12-10-13(9-11(12)5-1)18-15-8-4-3-7-14(15)16-17-18;1-2-4-5-3-1;;;/h1-10H;1-5H;2*1H;/q2*-1;;;+2/p-2. The maximum Gasteiger partial charge on any atom is 0.113 e. The number of hydrogen-bond donors (Lipinski definition) is 0. The van der Waals surface area contributed by atoms with Crippen LogP contribution >= 0.6 is 18.6 Å². The predicted octanol–water partition coefficient (Wildman–Crippen LogP) is 6.07. The fourth-order valence-corrected chi connectivity index (χ4v) is 2.64. The van der Waals surface area contributed by atoms with E-state index in [4.69, 9.17) is 18.6 Å². The molecule has 1 heterocycles. The second kappa shape index (κ2) is 9.70. The zero-order valence-electron chi connectivity index (χ0n) is 13.8. The van der Waals surface area contributed by atoms with Crippen LogP contribution in [0.2, 0.25) is 0 Å². The Labute approximate surface area is 168 Å². The second-order valence-electron chi connectivity index (χ2n) is 5.37. The average Bonchev–Trinajstić information content (AvgIpc) is 3.42. The number of para-hydroxylation sites is 1. The van der Waals surface area contributed by atoms with Crippen LogP contribution in [0.15, 0.2) is 91.0 Å². The number of halogens is 2. The minimum Gasteiger partial charge on any atom is -0.232 e. The van der Waals surface area contributed by atoms with Gasteiger partial charge in [-0.2, -0.15) is 18.2 Å². The normalized spacial score (nSPS) is 9.92. The van der Waals surface area contributed by atoms with Gasteiger partial charge in [0.15, 0.2) is 0 Å². The minimum absolute atomic E-state index is 0.556. The summed E-state index contributed by atoms with van der Waals surface area (Å²) < 4.78 is 1.88. The predicted molar refractivity (Wildman–Crippen MR) is 106 cm³/mol. The van der Waals surface area contributed by atoms with Crippen LogP contribution in [-0.2, 0) is 17.0 Å². The van der Waals surface area contributed by atoms with E-state index in [1.165, 1.54) is 10.8 Å². The molecule has 3 nitrogen and oxygen atoms in total. The molecule has 0 N–H and O–H groups in total. The first-order valence-electron chi connectivity index (χ1n) is 7.92. The summed E-state index contributed by atoms with van der Waals surface area (Å²) in [6, 6.07) is 30.6. The third-order valence-electron chi connectivity index (χ3n) is 3.75. The van der Waals surface area contributed by atoms with Gasteiger partial charge in [0, 0.05) is 0 Å². The topological polar surface area (TPSA) is 30.7 Å². The van der Waals surface area contributed by atoms with Gasteiger partial charge in [0.05, 0.1) is 5.52 Å². The molecule has 4 aromatic carbocycles. The summed E-state index contributed by atoms with van der Waals surface area (Å²) in [7, 11) is 9.78. The zero-order chi connectivity index (χ0) is 18.2. The summed E-state index contributed by atoms with van der Waals surface area (Å²) >= 11 is -0.556. The van der Waals surface area contributed by atoms with Crippen molar-refractivity contribution in [1.29, 1.82) is 0 Å². The molecular weight excluding hydrogens is 401 g/mol. The van der Waals surface area contributed by atoms with Gasteiger partial charge in [0.25, 0.3) is 0 Å². The molecule has 26 heavy (non-hydrogen) atoms. The van der Waals surface area contributed by atoms with Crippen LogP contribution in [-0.4, -0.2) is 15.0 Å². The van der Waals surface area contributed by atoms with Crippen LogP contribution in [0.4, 0.5) is 0 Å². The zero-order valence-corrected chi connectivity index (χ0v) is 16.8. The van der Waals surface area contributed by atoms with E-state index in [-0.39, 0.29) is 0 Å². The molecule has 5 rings (SSSR count). The molecule has 0 saturated heterocycles. The SMILES string of the molecule is [Cl][Ti][Cl].c1cc[cH-]c1.c1ccc2[cH-]c(-n3nnc4ccccc43)cc2c1. The fourth-order valence-electron chi connectivity index (χ4n) is 2.64. The summed E-state index contributed by atoms with van der Waals surface area (Å²) in [4.78, 5) is 0. The van der Waals surface area contributed by atoms with Crippen molar-refractivity contribution in [3.63, 3.8) is 0 Å². The molecule has 0 aliphatic rings. The van der Waals surface area contributed by atoms with Crippen molar-refractivity contribution in [3.8, 4) is 5.69 Å². The van der Waals surface area contributed by atoms with Crippen LogP contribution in [0.3, 0.4) is 0 Å². The maximum atomic E-state index is 4.89. The Bertz CT molecular complexity index is 1000. The van der Waals surface area contributed by atoms with Gasteiger partial charge in [0.2, 0.25) is 0 Å². The van der Waals surface area contributed by atoms with Crippen LogP contribution in [0.5, 0.6) is 0 Å². The van der Waals surface area contributed by atoms with E-state index in [1.54, 1.807) is 0 Å². The van der Waals surface area contributed by atoms with Gasteiger partial charge in [0.1, 0.15) is 5.52 Å². The average molecular weight is 416 g/mol. The Morgan fingerprint density at radius 2 is 1.58 bits per heavy atom. The van der Waals surface area contributed by atoms with Crippen molar-refractivity contribution >= 4 is 40.4 Å². The van der Waals surface area contributed by atoms with Gasteiger partial charge in [-0.3, -0.25) is 0 Å². The largest absolute Gasteiger partial charge is 0.232 e. The number of nitrogens with zero attached hydrogens (tertiary/aromatic N) is 3. The van der Waals surface area contributed by atoms with Crippen molar-refractivity contribution in [1.82, 2.24) is 15.0 Å². The van der Waals surface area contributed by atoms with Gasteiger partial charge in [-0.1, -0.05) is 23.4 Å². The van der Waals surface area contributed by atoms with Crippen molar-refractivity contribution in [2.24, 2.45) is 0 Å². The van der Waals surface area contributed by atoms with Crippen molar-refractivity contribution in [3.05, 3.63) is 91.0 Å². The second-order valence-corrected chi connectivity index (χ2v) is 7.95. The Hall–Kier alpha value is -1.91. The fraction of sp³-hybridized carbons (Fsp3) is 0. The molecule has 0 aliphatic heterocycles. The monoisotopic (exact) mass is 415 g/mol. The van der Waals surface area contributed by atoms with Crippen molar-refractivity contribution < 1.29 is 17.0 Å². The molecule has 0 aliphatic carbocycles. The van der Waals surface area contributed by atoms with Crippen molar-refractivity contribution in [2.45, 2.75) is 0 Å². The molecule has 0 fully saturated rings. The van der Waals surface area contributed by atoms with E-state index in [1.807, 2.05) is 71.4 Å². The molecule has 1 aromatic heterocycles. The first kappa shape index (κ1) is 18.9. The molecule has 0 spiro atoms. The van der Waals surface area contributed by atoms with E-state index in [0.29, 0.717) is 0 Å². The Morgan fingerprint density at radius 3 is 2.27 bits per heavy atom. The Morgan fingerprint density at radius 1 is 0.885 bits per heavy atom. The molecule has 130 valence electrons. The third-order valence-corrected chi connectivity index (χ3v) is 3.75. The molecule has 0 bridgehead atoms. The van der Waals surface area contributed by atoms with Gasteiger partial charge in [-0.15, -0.1) is 46.2 Å². The summed E-state index contributed by atoms with van der Waals surface area (Å²) in [5.41, 5.74) is 3.01. The maximum absolute atomic E-state index is 4.89. The van der Waals surface area contributed by atoms with Crippen LogP contribution in [0.25, 0.3) is 27.5 Å². The first-order chi connectivity index (χ1) is 12.8. The molecule has 6 heteroatoms. The summed E-state index contributed by atoms with van der Waals surface area (Å²) in [6.45, 7) is 0. The van der Waals surface area contributed by atoms with Crippen LogP contribution in [0, 0.1) is 0 Å². The molecule has 0 saturated carbocycles. The molecule has 0 amide bonds. The summed E-state index contributed by atoms with van der Waals surface area (Å²) in [6.07, 6.45) is 0. The van der Waals surface area contributed by atoms with Crippen LogP contribution in [0.1, 0.15) is 0 Å². The van der Waals surface area contributed by atoms with E-state index in [2.05, 4.69) is 34.6 Å². The molecular formula is C20H15Cl2N3Ti-2. The first-order valence-corrected chi connectivity index (χ1v) is 12.2. The Kier molecular flexibility index (Phi) is 7.04. The number of fused-ring (bicyclic) bond motifs is 2. The number of aromatic nitrogens is 3. The smallest absolute Gasteiger partial charge is 0.113 e. The molecule has 0 radical (unpaired) electrons. The van der Waals surface area contributed by atoms with Gasteiger partial charge in [-0.25, -0.2) is 16.8 Å². The van der Waals surface area contributed by atoms with E-state index in [9.17, 15) is 0 Å². The minimum atomic E-state index is -0.556. The third kappa shape index (κ3) is 4.63. The number of hydrogen-bond acceptors (Lipinski definition) is 2. The van der Waals surface area contributed by atoms with Crippen LogP contribution < -0.4 is 0 Å². The molecule has 0 unspecified atom stereocenters. The summed E-state index contributed by atoms with van der Waals surface area (Å²) in [5, 5.41) is 10.9. The van der Waals surface area contributed by atoms with Gasteiger partial charge < -0.3 is 0 Å². The quantitative estimate of drug-likeness (QED) is 0.245. The molecule has 0 atom stereocenters. The Balaban J connectivity index is 0.000000207. The molecule has 5 aromatic rings. The van der Waals surface area contributed by atoms with Gasteiger partial charge >= 0.3 is 35.6 Å². The van der Waals surface area contributed by atoms with E-state index in [0.717, 1.165) is 16.7 Å². The van der Waals surface area contributed by atoms with Crippen molar-refractivity contribution in [2.75, 3.05) is 0 Å². The van der Waals surface area contributed by atoms with E-state index < -0.39 is 17.0 Å². The number of rotatable bonds is 1.